The highest BCUT2D eigenvalue weighted by Crippen LogP contribution is 2.23. The highest BCUT2D eigenvalue weighted by molar-refractivity contribution is 6.33. The lowest BCUT2D eigenvalue weighted by Crippen LogP contribution is -2.30. The second-order valence-electron chi connectivity index (χ2n) is 5.28. The van der Waals surface area contributed by atoms with Crippen LogP contribution >= 0.6 is 11.6 Å². The van der Waals surface area contributed by atoms with Gasteiger partial charge in [0.1, 0.15) is 0 Å². The first-order valence-electron chi connectivity index (χ1n) is 6.92. The van der Waals surface area contributed by atoms with Gasteiger partial charge in [0, 0.05) is 6.42 Å². The Hall–Kier alpha value is -1.06. The summed E-state index contributed by atoms with van der Waals surface area (Å²) in [6.07, 6.45) is 3.96. The average molecular weight is 281 g/mol. The number of amides is 1. The first-order valence-corrected chi connectivity index (χ1v) is 7.29. The lowest BCUT2D eigenvalue weighted by molar-refractivity contribution is -0.116. The molecule has 1 atom stereocenters. The van der Waals surface area contributed by atoms with Gasteiger partial charge in [-0.1, -0.05) is 17.7 Å². The minimum absolute atomic E-state index is 0.0538. The van der Waals surface area contributed by atoms with Crippen LogP contribution in [0.15, 0.2) is 18.2 Å². The standard InChI is InChI=1S/C15H21ClN2O/c1-11-4-6-13(16)14(9-11)18-15(19)7-5-12-3-2-8-17-10-12/h4,6,9,12,17H,2-3,5,7-8,10H2,1H3,(H,18,19). The van der Waals surface area contributed by atoms with E-state index in [2.05, 4.69) is 10.6 Å². The molecule has 1 heterocycles. The van der Waals surface area contributed by atoms with Gasteiger partial charge in [0.2, 0.25) is 5.91 Å². The van der Waals surface area contributed by atoms with E-state index >= 15 is 0 Å². The Labute approximate surface area is 119 Å². The zero-order valence-electron chi connectivity index (χ0n) is 11.3. The molecule has 1 saturated heterocycles. The van der Waals surface area contributed by atoms with Gasteiger partial charge in [-0.3, -0.25) is 4.79 Å². The quantitative estimate of drug-likeness (QED) is 0.888. The Morgan fingerprint density at radius 3 is 3.11 bits per heavy atom. The summed E-state index contributed by atoms with van der Waals surface area (Å²) in [6.45, 7) is 4.14. The van der Waals surface area contributed by atoms with E-state index in [1.807, 2.05) is 25.1 Å². The van der Waals surface area contributed by atoms with E-state index in [9.17, 15) is 4.79 Å². The molecule has 4 heteroatoms. The van der Waals surface area contributed by atoms with Gasteiger partial charge in [0.25, 0.3) is 0 Å². The molecule has 0 spiro atoms. The molecule has 1 fully saturated rings. The summed E-state index contributed by atoms with van der Waals surface area (Å²) in [5, 5.41) is 6.87. The van der Waals surface area contributed by atoms with Crippen LogP contribution in [-0.4, -0.2) is 19.0 Å². The van der Waals surface area contributed by atoms with E-state index in [0.29, 0.717) is 23.0 Å². The SMILES string of the molecule is Cc1ccc(Cl)c(NC(=O)CCC2CCCNC2)c1. The maximum Gasteiger partial charge on any atom is 0.224 e. The maximum absolute atomic E-state index is 11.9. The lowest BCUT2D eigenvalue weighted by Gasteiger charge is -2.22. The first kappa shape index (κ1) is 14.4. The van der Waals surface area contributed by atoms with Gasteiger partial charge in [-0.15, -0.1) is 0 Å². The van der Waals surface area contributed by atoms with Crippen molar-refractivity contribution in [3.05, 3.63) is 28.8 Å². The zero-order chi connectivity index (χ0) is 13.7. The van der Waals surface area contributed by atoms with Crippen molar-refractivity contribution in [2.45, 2.75) is 32.6 Å². The molecule has 3 nitrogen and oxygen atoms in total. The van der Waals surface area contributed by atoms with Gasteiger partial charge in [0.05, 0.1) is 10.7 Å². The van der Waals surface area contributed by atoms with Crippen molar-refractivity contribution in [3.63, 3.8) is 0 Å². The van der Waals surface area contributed by atoms with Crippen molar-refractivity contribution in [2.75, 3.05) is 18.4 Å². The molecule has 0 bridgehead atoms. The molecule has 19 heavy (non-hydrogen) atoms. The molecular formula is C15H21ClN2O. The van der Waals surface area contributed by atoms with Crippen molar-refractivity contribution >= 4 is 23.2 Å². The molecule has 2 rings (SSSR count). The Morgan fingerprint density at radius 2 is 2.37 bits per heavy atom. The Morgan fingerprint density at radius 1 is 1.53 bits per heavy atom. The Kier molecular flexibility index (Phi) is 5.23. The zero-order valence-corrected chi connectivity index (χ0v) is 12.1. The van der Waals surface area contributed by atoms with Crippen molar-refractivity contribution in [1.29, 1.82) is 0 Å². The predicted molar refractivity (Wildman–Crippen MR) is 79.6 cm³/mol. The smallest absolute Gasteiger partial charge is 0.224 e. The molecule has 1 aliphatic rings. The first-order chi connectivity index (χ1) is 9.15. The van der Waals surface area contributed by atoms with Crippen LogP contribution in [0.4, 0.5) is 5.69 Å². The second-order valence-corrected chi connectivity index (χ2v) is 5.69. The Balaban J connectivity index is 1.81. The van der Waals surface area contributed by atoms with Crippen molar-refractivity contribution < 1.29 is 4.79 Å². The highest BCUT2D eigenvalue weighted by Gasteiger charge is 2.14. The number of carbonyl (C=O) groups is 1. The van der Waals surface area contributed by atoms with E-state index in [1.54, 1.807) is 0 Å². The normalized spacial score (nSPS) is 19.2. The van der Waals surface area contributed by atoms with E-state index in [1.165, 1.54) is 12.8 Å². The monoisotopic (exact) mass is 280 g/mol. The molecule has 2 N–H and O–H groups in total. The van der Waals surface area contributed by atoms with E-state index in [4.69, 9.17) is 11.6 Å². The molecule has 104 valence electrons. The molecule has 1 aromatic rings. The molecule has 0 saturated carbocycles. The summed E-state index contributed by atoms with van der Waals surface area (Å²) in [5.41, 5.74) is 1.81. The van der Waals surface area contributed by atoms with Crippen LogP contribution in [0.3, 0.4) is 0 Å². The summed E-state index contributed by atoms with van der Waals surface area (Å²) >= 11 is 6.06. The largest absolute Gasteiger partial charge is 0.325 e. The fourth-order valence-corrected chi connectivity index (χ4v) is 2.62. The summed E-state index contributed by atoms with van der Waals surface area (Å²) in [4.78, 5) is 11.9. The number of halogens is 1. The predicted octanol–water partition coefficient (Wildman–Crippen LogP) is 3.37. The maximum atomic E-state index is 11.9. The molecule has 1 aromatic carbocycles. The second kappa shape index (κ2) is 6.92. The van der Waals surface area contributed by atoms with E-state index in [0.717, 1.165) is 25.1 Å². The molecule has 0 aliphatic carbocycles. The number of benzene rings is 1. The summed E-state index contributed by atoms with van der Waals surface area (Å²) < 4.78 is 0. The number of carbonyl (C=O) groups excluding carboxylic acids is 1. The van der Waals surface area contributed by atoms with Crippen molar-refractivity contribution in [3.8, 4) is 0 Å². The summed E-state index contributed by atoms with van der Waals surface area (Å²) in [5.74, 6) is 0.686. The van der Waals surface area contributed by atoms with Gasteiger partial charge < -0.3 is 10.6 Å². The van der Waals surface area contributed by atoms with Gasteiger partial charge >= 0.3 is 0 Å². The average Bonchev–Trinajstić information content (AvgIpc) is 2.42. The minimum Gasteiger partial charge on any atom is -0.325 e. The molecule has 0 aromatic heterocycles. The third kappa shape index (κ3) is 4.51. The van der Waals surface area contributed by atoms with Crippen LogP contribution < -0.4 is 10.6 Å². The number of aryl methyl sites for hydroxylation is 1. The number of rotatable bonds is 4. The van der Waals surface area contributed by atoms with Crippen LogP contribution in [0.25, 0.3) is 0 Å². The number of anilines is 1. The van der Waals surface area contributed by atoms with E-state index < -0.39 is 0 Å². The molecule has 1 amide bonds. The fourth-order valence-electron chi connectivity index (χ4n) is 2.45. The van der Waals surface area contributed by atoms with Crippen LogP contribution in [0.5, 0.6) is 0 Å². The van der Waals surface area contributed by atoms with Crippen LogP contribution in [0.1, 0.15) is 31.2 Å². The van der Waals surface area contributed by atoms with Crippen molar-refractivity contribution in [1.82, 2.24) is 5.32 Å². The van der Waals surface area contributed by atoms with Gasteiger partial charge in [-0.2, -0.15) is 0 Å². The lowest BCUT2D eigenvalue weighted by atomic mass is 9.94. The van der Waals surface area contributed by atoms with Crippen molar-refractivity contribution in [2.24, 2.45) is 5.92 Å². The third-order valence-electron chi connectivity index (χ3n) is 3.57. The number of piperidine rings is 1. The Bertz CT molecular complexity index is 442. The number of hydrogen-bond acceptors (Lipinski definition) is 2. The third-order valence-corrected chi connectivity index (χ3v) is 3.90. The van der Waals surface area contributed by atoms with E-state index in [-0.39, 0.29) is 5.91 Å². The van der Waals surface area contributed by atoms with Crippen LogP contribution in [-0.2, 0) is 4.79 Å². The van der Waals surface area contributed by atoms with Crippen LogP contribution in [0.2, 0.25) is 5.02 Å². The van der Waals surface area contributed by atoms with Gasteiger partial charge in [-0.25, -0.2) is 0 Å². The summed E-state index contributed by atoms with van der Waals surface area (Å²) in [6, 6.07) is 5.66. The van der Waals surface area contributed by atoms with Gasteiger partial charge in [0.15, 0.2) is 0 Å². The van der Waals surface area contributed by atoms with Gasteiger partial charge in [-0.05, 0) is 62.9 Å². The fraction of sp³-hybridized carbons (Fsp3) is 0.533. The highest BCUT2D eigenvalue weighted by atomic mass is 35.5. The number of hydrogen-bond donors (Lipinski definition) is 2. The molecular weight excluding hydrogens is 260 g/mol. The molecule has 1 unspecified atom stereocenters. The van der Waals surface area contributed by atoms with Crippen LogP contribution in [0, 0.1) is 12.8 Å². The number of nitrogens with one attached hydrogen (secondary N) is 2. The molecule has 1 aliphatic heterocycles. The molecule has 0 radical (unpaired) electrons. The topological polar surface area (TPSA) is 41.1 Å². The summed E-state index contributed by atoms with van der Waals surface area (Å²) in [7, 11) is 0. The minimum atomic E-state index is 0.0538.